The first-order valence-electron chi connectivity index (χ1n) is 5.29. The maximum atomic E-state index is 11.6. The Morgan fingerprint density at radius 1 is 1.27 bits per heavy atom. The van der Waals surface area contributed by atoms with Gasteiger partial charge in [0, 0.05) is 32.4 Å². The molecule has 82 valence electrons. The molecule has 0 atom stereocenters. The van der Waals surface area contributed by atoms with Gasteiger partial charge in [-0.25, -0.2) is 0 Å². The van der Waals surface area contributed by atoms with Crippen LogP contribution >= 0.6 is 0 Å². The van der Waals surface area contributed by atoms with E-state index in [1.807, 2.05) is 13.0 Å². The van der Waals surface area contributed by atoms with E-state index in [0.717, 1.165) is 37.4 Å². The second-order valence-electron chi connectivity index (χ2n) is 4.18. The molecule has 0 bridgehead atoms. The van der Waals surface area contributed by atoms with E-state index in [-0.39, 0.29) is 5.56 Å². The summed E-state index contributed by atoms with van der Waals surface area (Å²) in [4.78, 5) is 18.8. The third-order valence-electron chi connectivity index (χ3n) is 2.87. The van der Waals surface area contributed by atoms with E-state index in [4.69, 9.17) is 0 Å². The quantitative estimate of drug-likeness (QED) is 0.726. The highest BCUT2D eigenvalue weighted by Gasteiger charge is 2.16. The highest BCUT2D eigenvalue weighted by Crippen LogP contribution is 2.11. The lowest BCUT2D eigenvalue weighted by atomic mass is 10.2. The fourth-order valence-electron chi connectivity index (χ4n) is 1.86. The van der Waals surface area contributed by atoms with Crippen molar-refractivity contribution in [1.29, 1.82) is 0 Å². The Bertz CT molecular complexity index is 391. The van der Waals surface area contributed by atoms with Crippen molar-refractivity contribution in [2.45, 2.75) is 6.92 Å². The van der Waals surface area contributed by atoms with Gasteiger partial charge in [0.05, 0.1) is 0 Å². The van der Waals surface area contributed by atoms with Crippen molar-refractivity contribution >= 4 is 5.69 Å². The molecule has 4 heteroatoms. The van der Waals surface area contributed by atoms with E-state index < -0.39 is 0 Å². The molecule has 0 unspecified atom stereocenters. The lowest BCUT2D eigenvalue weighted by Crippen LogP contribution is -2.46. The largest absolute Gasteiger partial charge is 0.365 e. The van der Waals surface area contributed by atoms with Gasteiger partial charge in [-0.1, -0.05) is 0 Å². The molecule has 2 heterocycles. The fraction of sp³-hybridized carbons (Fsp3) is 0.545. The molecule has 0 aliphatic carbocycles. The number of anilines is 1. The lowest BCUT2D eigenvalue weighted by Gasteiger charge is -2.33. The summed E-state index contributed by atoms with van der Waals surface area (Å²) in [6, 6.07) is 1.96. The topological polar surface area (TPSA) is 39.3 Å². The monoisotopic (exact) mass is 207 g/mol. The number of nitrogens with zero attached hydrogens (tertiary/aromatic N) is 2. The van der Waals surface area contributed by atoms with Crippen molar-refractivity contribution in [3.63, 3.8) is 0 Å². The molecule has 1 fully saturated rings. The number of pyridine rings is 1. The van der Waals surface area contributed by atoms with Gasteiger partial charge in [-0.3, -0.25) is 4.79 Å². The second-order valence-corrected chi connectivity index (χ2v) is 4.18. The molecular weight excluding hydrogens is 190 g/mol. The second kappa shape index (κ2) is 4.06. The van der Waals surface area contributed by atoms with Crippen LogP contribution in [0.5, 0.6) is 0 Å². The van der Waals surface area contributed by atoms with Crippen molar-refractivity contribution in [1.82, 2.24) is 9.88 Å². The molecule has 1 aliphatic heterocycles. The van der Waals surface area contributed by atoms with E-state index in [0.29, 0.717) is 0 Å². The number of nitrogens with one attached hydrogen (secondary N) is 1. The summed E-state index contributed by atoms with van der Waals surface area (Å²) in [5, 5.41) is 0. The number of aryl methyl sites for hydroxylation is 1. The van der Waals surface area contributed by atoms with Gasteiger partial charge in [-0.15, -0.1) is 0 Å². The van der Waals surface area contributed by atoms with E-state index in [1.54, 1.807) is 6.20 Å². The lowest BCUT2D eigenvalue weighted by molar-refractivity contribution is 0.312. The Balaban J connectivity index is 2.22. The number of piperazine rings is 1. The summed E-state index contributed by atoms with van der Waals surface area (Å²) in [5.41, 5.74) is 1.93. The SMILES string of the molecule is Cc1c[nH]c(=O)c(N2CCN(C)CC2)c1. The molecule has 4 nitrogen and oxygen atoms in total. The first-order valence-corrected chi connectivity index (χ1v) is 5.29. The normalized spacial score (nSPS) is 18.1. The molecule has 0 radical (unpaired) electrons. The highest BCUT2D eigenvalue weighted by molar-refractivity contribution is 5.46. The van der Waals surface area contributed by atoms with Crippen LogP contribution in [-0.2, 0) is 0 Å². The van der Waals surface area contributed by atoms with Crippen LogP contribution in [0.3, 0.4) is 0 Å². The van der Waals surface area contributed by atoms with E-state index in [1.165, 1.54) is 0 Å². The molecule has 15 heavy (non-hydrogen) atoms. The average Bonchev–Trinajstić information content (AvgIpc) is 2.23. The molecule has 2 rings (SSSR count). The summed E-state index contributed by atoms with van der Waals surface area (Å²) in [6.45, 7) is 5.91. The van der Waals surface area contributed by atoms with Gasteiger partial charge in [0.1, 0.15) is 5.69 Å². The molecule has 1 N–H and O–H groups in total. The molecule has 1 aromatic heterocycles. The predicted octanol–water partition coefficient (Wildman–Crippen LogP) is 0.435. The van der Waals surface area contributed by atoms with Crippen LogP contribution in [0.15, 0.2) is 17.1 Å². The van der Waals surface area contributed by atoms with Crippen molar-refractivity contribution in [3.8, 4) is 0 Å². The summed E-state index contributed by atoms with van der Waals surface area (Å²) < 4.78 is 0. The van der Waals surface area contributed by atoms with Crippen LogP contribution in [-0.4, -0.2) is 43.1 Å². The summed E-state index contributed by atoms with van der Waals surface area (Å²) in [6.07, 6.45) is 1.75. The van der Waals surface area contributed by atoms with Crippen molar-refractivity contribution < 1.29 is 0 Å². The number of rotatable bonds is 1. The Kier molecular flexibility index (Phi) is 2.77. The number of H-pyrrole nitrogens is 1. The third-order valence-corrected chi connectivity index (χ3v) is 2.87. The van der Waals surface area contributed by atoms with Crippen LogP contribution in [0, 0.1) is 6.92 Å². The van der Waals surface area contributed by atoms with Gasteiger partial charge >= 0.3 is 0 Å². The molecule has 0 saturated carbocycles. The predicted molar refractivity (Wildman–Crippen MR) is 61.5 cm³/mol. The van der Waals surface area contributed by atoms with Gasteiger partial charge in [0.2, 0.25) is 0 Å². The number of hydrogen-bond donors (Lipinski definition) is 1. The fourth-order valence-corrected chi connectivity index (χ4v) is 1.86. The standard InChI is InChI=1S/C11H17N3O/c1-9-7-10(11(15)12-8-9)14-5-3-13(2)4-6-14/h7-8H,3-6H2,1-2H3,(H,12,15). The van der Waals surface area contributed by atoms with Crippen LogP contribution < -0.4 is 10.5 Å². The van der Waals surface area contributed by atoms with Gasteiger partial charge in [0.15, 0.2) is 0 Å². The summed E-state index contributed by atoms with van der Waals surface area (Å²) in [5.74, 6) is 0. The number of likely N-dealkylation sites (N-methyl/N-ethyl adjacent to an activating group) is 1. The first-order chi connectivity index (χ1) is 7.16. The van der Waals surface area contributed by atoms with Crippen molar-refractivity contribution in [3.05, 3.63) is 28.2 Å². The molecule has 0 amide bonds. The molecular formula is C11H17N3O. The summed E-state index contributed by atoms with van der Waals surface area (Å²) in [7, 11) is 2.11. The van der Waals surface area contributed by atoms with Gasteiger partial charge in [0.25, 0.3) is 5.56 Å². The van der Waals surface area contributed by atoms with Crippen LogP contribution in [0.25, 0.3) is 0 Å². The first kappa shape index (κ1) is 10.2. The number of hydrogen-bond acceptors (Lipinski definition) is 3. The molecule has 1 aromatic rings. The van der Waals surface area contributed by atoms with Gasteiger partial charge < -0.3 is 14.8 Å². The molecule has 0 aromatic carbocycles. The number of aromatic nitrogens is 1. The molecule has 1 aliphatic rings. The maximum Gasteiger partial charge on any atom is 0.271 e. The van der Waals surface area contributed by atoms with Gasteiger partial charge in [-0.2, -0.15) is 0 Å². The van der Waals surface area contributed by atoms with E-state index in [9.17, 15) is 4.79 Å². The zero-order valence-electron chi connectivity index (χ0n) is 9.29. The minimum Gasteiger partial charge on any atom is -0.365 e. The van der Waals surface area contributed by atoms with Crippen molar-refractivity contribution in [2.75, 3.05) is 38.1 Å². The minimum absolute atomic E-state index is 0.0187. The Hall–Kier alpha value is -1.29. The van der Waals surface area contributed by atoms with Crippen LogP contribution in [0.4, 0.5) is 5.69 Å². The smallest absolute Gasteiger partial charge is 0.271 e. The zero-order chi connectivity index (χ0) is 10.8. The van der Waals surface area contributed by atoms with E-state index in [2.05, 4.69) is 21.8 Å². The Labute approximate surface area is 89.5 Å². The van der Waals surface area contributed by atoms with Crippen LogP contribution in [0.1, 0.15) is 5.56 Å². The van der Waals surface area contributed by atoms with E-state index >= 15 is 0 Å². The average molecular weight is 207 g/mol. The van der Waals surface area contributed by atoms with Gasteiger partial charge in [-0.05, 0) is 25.6 Å². The Morgan fingerprint density at radius 3 is 2.60 bits per heavy atom. The minimum atomic E-state index is 0.0187. The summed E-state index contributed by atoms with van der Waals surface area (Å²) >= 11 is 0. The van der Waals surface area contributed by atoms with Crippen molar-refractivity contribution in [2.24, 2.45) is 0 Å². The highest BCUT2D eigenvalue weighted by atomic mass is 16.1. The van der Waals surface area contributed by atoms with Crippen LogP contribution in [0.2, 0.25) is 0 Å². The maximum absolute atomic E-state index is 11.6. The molecule has 0 spiro atoms. The Morgan fingerprint density at radius 2 is 1.93 bits per heavy atom. The molecule has 1 saturated heterocycles. The zero-order valence-corrected chi connectivity index (χ0v) is 9.29. The third kappa shape index (κ3) is 2.21. The number of aromatic amines is 1.